The molecule has 3 heterocycles. The summed E-state index contributed by atoms with van der Waals surface area (Å²) < 4.78 is 7.28. The van der Waals surface area contributed by atoms with Gasteiger partial charge < -0.3 is 9.73 Å². The van der Waals surface area contributed by atoms with E-state index in [0.717, 1.165) is 12.8 Å². The first-order valence-electron chi connectivity index (χ1n) is 8.93. The van der Waals surface area contributed by atoms with Crippen molar-refractivity contribution in [2.75, 3.05) is 6.54 Å². The summed E-state index contributed by atoms with van der Waals surface area (Å²) in [5, 5.41) is 18.6. The Kier molecular flexibility index (Phi) is 5.59. The van der Waals surface area contributed by atoms with Crippen LogP contribution < -0.4 is 5.32 Å². The van der Waals surface area contributed by atoms with Gasteiger partial charge in [-0.3, -0.25) is 24.5 Å². The van der Waals surface area contributed by atoms with E-state index in [2.05, 4.69) is 17.3 Å². The van der Waals surface area contributed by atoms with Crippen molar-refractivity contribution >= 4 is 35.0 Å². The predicted molar refractivity (Wildman–Crippen MR) is 106 cm³/mol. The van der Waals surface area contributed by atoms with Crippen molar-refractivity contribution in [3.8, 4) is 0 Å². The number of aromatic nitrogens is 2. The van der Waals surface area contributed by atoms with Gasteiger partial charge in [-0.25, -0.2) is 0 Å². The Morgan fingerprint density at radius 1 is 1.39 bits per heavy atom. The third-order valence-electron chi connectivity index (χ3n) is 4.50. The van der Waals surface area contributed by atoms with Crippen LogP contribution in [0.25, 0.3) is 6.08 Å². The van der Waals surface area contributed by atoms with E-state index in [-0.39, 0.29) is 18.1 Å². The molecule has 148 valence electrons. The van der Waals surface area contributed by atoms with Crippen molar-refractivity contribution < 1.29 is 14.1 Å². The van der Waals surface area contributed by atoms with Gasteiger partial charge in [0.1, 0.15) is 28.6 Å². The van der Waals surface area contributed by atoms with Crippen molar-refractivity contribution in [1.29, 1.82) is 0 Å². The van der Waals surface area contributed by atoms with E-state index >= 15 is 0 Å². The highest BCUT2D eigenvalue weighted by atomic mass is 32.1. The van der Waals surface area contributed by atoms with E-state index in [0.29, 0.717) is 40.3 Å². The van der Waals surface area contributed by atoms with Crippen LogP contribution in [0.15, 0.2) is 22.2 Å². The maximum Gasteiger partial charge on any atom is 0.312 e. The molecule has 0 saturated carbocycles. The van der Waals surface area contributed by atoms with Crippen molar-refractivity contribution in [2.45, 2.75) is 40.2 Å². The third kappa shape index (κ3) is 3.81. The summed E-state index contributed by atoms with van der Waals surface area (Å²) in [6, 6.07) is 3.48. The molecular weight excluding hydrogens is 382 g/mol. The van der Waals surface area contributed by atoms with Gasteiger partial charge in [-0.2, -0.15) is 5.10 Å². The van der Waals surface area contributed by atoms with Crippen LogP contribution in [0.2, 0.25) is 0 Å². The molecule has 9 nitrogen and oxygen atoms in total. The maximum absolute atomic E-state index is 12.5. The number of nitro groups is 1. The number of hydrogen-bond donors (Lipinski definition) is 1. The molecule has 1 amide bonds. The average molecular weight is 403 g/mol. The first-order valence-corrected chi connectivity index (χ1v) is 9.34. The SMILES string of the molecule is CCCCN1C(=O)/C(=C\c2ccc(Cn3nc(C)c([N+](=O)[O-])c3C)o2)NC1=S. The number of nitrogens with one attached hydrogen (secondary N) is 1. The fourth-order valence-corrected chi connectivity index (χ4v) is 3.33. The van der Waals surface area contributed by atoms with Crippen molar-refractivity contribution in [3.63, 3.8) is 0 Å². The minimum atomic E-state index is -0.434. The van der Waals surface area contributed by atoms with Crippen molar-refractivity contribution in [3.05, 3.63) is 50.9 Å². The van der Waals surface area contributed by atoms with Crippen LogP contribution in [0.3, 0.4) is 0 Å². The maximum atomic E-state index is 12.5. The Morgan fingerprint density at radius 3 is 2.79 bits per heavy atom. The van der Waals surface area contributed by atoms with Crippen LogP contribution in [-0.2, 0) is 11.3 Å². The Bertz CT molecular complexity index is 975. The Balaban J connectivity index is 1.76. The number of amides is 1. The topological polar surface area (TPSA) is 106 Å². The van der Waals surface area contributed by atoms with Gasteiger partial charge in [0.15, 0.2) is 5.11 Å². The molecule has 2 aromatic rings. The van der Waals surface area contributed by atoms with Crippen molar-refractivity contribution in [1.82, 2.24) is 20.0 Å². The lowest BCUT2D eigenvalue weighted by molar-refractivity contribution is -0.386. The first-order chi connectivity index (χ1) is 13.3. The fraction of sp³-hybridized carbons (Fsp3) is 0.389. The standard InChI is InChI=1S/C18H21N5O4S/c1-4-5-8-21-17(24)15(19-18(21)28)9-13-6-7-14(27-13)10-22-12(3)16(23(25)26)11(2)20-22/h6-7,9H,4-5,8,10H2,1-3H3,(H,19,28)/b15-9+. The second-order valence-corrected chi connectivity index (χ2v) is 6.92. The number of rotatable bonds is 7. The molecule has 0 bridgehead atoms. The quantitative estimate of drug-likeness (QED) is 0.328. The summed E-state index contributed by atoms with van der Waals surface area (Å²) >= 11 is 5.22. The number of unbranched alkanes of at least 4 members (excludes halogenated alkanes) is 1. The summed E-state index contributed by atoms with van der Waals surface area (Å²) in [5.74, 6) is 0.885. The lowest BCUT2D eigenvalue weighted by atomic mass is 10.3. The molecular formula is C18H21N5O4S. The normalized spacial score (nSPS) is 15.5. The molecule has 0 atom stereocenters. The van der Waals surface area contributed by atoms with Crippen LogP contribution in [0.5, 0.6) is 0 Å². The van der Waals surface area contributed by atoms with Crippen molar-refractivity contribution in [2.24, 2.45) is 0 Å². The first kappa shape index (κ1) is 19.7. The average Bonchev–Trinajstić information content (AvgIpc) is 3.25. The van der Waals surface area contributed by atoms with Gasteiger partial charge in [0, 0.05) is 12.6 Å². The highest BCUT2D eigenvalue weighted by Crippen LogP contribution is 2.23. The molecule has 28 heavy (non-hydrogen) atoms. The van der Waals surface area contributed by atoms with Crippen LogP contribution in [0.4, 0.5) is 5.69 Å². The van der Waals surface area contributed by atoms with E-state index in [9.17, 15) is 14.9 Å². The lowest BCUT2D eigenvalue weighted by Crippen LogP contribution is -2.31. The minimum absolute atomic E-state index is 0.00957. The zero-order valence-corrected chi connectivity index (χ0v) is 16.7. The van der Waals surface area contributed by atoms with Crippen LogP contribution in [0.1, 0.15) is 42.7 Å². The monoisotopic (exact) mass is 403 g/mol. The predicted octanol–water partition coefficient (Wildman–Crippen LogP) is 2.91. The molecule has 1 saturated heterocycles. The summed E-state index contributed by atoms with van der Waals surface area (Å²) in [6.45, 7) is 6.14. The molecule has 3 rings (SSSR count). The highest BCUT2D eigenvalue weighted by molar-refractivity contribution is 7.80. The Labute approximate surface area is 167 Å². The third-order valence-corrected chi connectivity index (χ3v) is 4.82. The van der Waals surface area contributed by atoms with Gasteiger partial charge in [0.05, 0.1) is 11.5 Å². The number of furan rings is 1. The van der Waals surface area contributed by atoms with Gasteiger partial charge >= 0.3 is 5.69 Å². The van der Waals surface area contributed by atoms with E-state index in [1.165, 1.54) is 4.68 Å². The molecule has 0 aliphatic carbocycles. The summed E-state index contributed by atoms with van der Waals surface area (Å²) in [5.41, 5.74) is 1.19. The highest BCUT2D eigenvalue weighted by Gasteiger charge is 2.30. The molecule has 0 aromatic carbocycles. The van der Waals surface area contributed by atoms with Crippen LogP contribution >= 0.6 is 12.2 Å². The van der Waals surface area contributed by atoms with Gasteiger partial charge in [0.2, 0.25) is 0 Å². The van der Waals surface area contributed by atoms with Crippen LogP contribution in [0, 0.1) is 24.0 Å². The Hall–Kier alpha value is -3.01. The second-order valence-electron chi connectivity index (χ2n) is 6.54. The molecule has 1 aliphatic rings. The number of carbonyl (C=O) groups is 1. The largest absolute Gasteiger partial charge is 0.460 e. The van der Waals surface area contributed by atoms with Gasteiger partial charge in [-0.1, -0.05) is 13.3 Å². The molecule has 0 spiro atoms. The number of hydrogen-bond acceptors (Lipinski definition) is 6. The molecule has 1 aliphatic heterocycles. The van der Waals surface area contributed by atoms with E-state index < -0.39 is 4.92 Å². The van der Waals surface area contributed by atoms with Gasteiger partial charge in [0.25, 0.3) is 5.91 Å². The molecule has 2 aromatic heterocycles. The molecule has 10 heteroatoms. The van der Waals surface area contributed by atoms with Crippen LogP contribution in [-0.4, -0.2) is 37.2 Å². The molecule has 1 fully saturated rings. The second kappa shape index (κ2) is 7.93. The van der Waals surface area contributed by atoms with Gasteiger partial charge in [-0.05, 0) is 44.6 Å². The summed E-state index contributed by atoms with van der Waals surface area (Å²) in [4.78, 5) is 24.7. The molecule has 0 unspecified atom stereocenters. The molecule has 1 N–H and O–H groups in total. The minimum Gasteiger partial charge on any atom is -0.460 e. The van der Waals surface area contributed by atoms with E-state index in [1.54, 1.807) is 37.0 Å². The summed E-state index contributed by atoms with van der Waals surface area (Å²) in [6.07, 6.45) is 3.45. The smallest absolute Gasteiger partial charge is 0.312 e. The number of thiocarbonyl (C=S) groups is 1. The van der Waals surface area contributed by atoms with Gasteiger partial charge in [-0.15, -0.1) is 0 Å². The number of aryl methyl sites for hydroxylation is 1. The zero-order chi connectivity index (χ0) is 20.4. The summed E-state index contributed by atoms with van der Waals surface area (Å²) in [7, 11) is 0. The molecule has 0 radical (unpaired) electrons. The van der Waals surface area contributed by atoms with E-state index in [1.807, 2.05) is 0 Å². The lowest BCUT2D eigenvalue weighted by Gasteiger charge is -2.12. The Morgan fingerprint density at radius 2 is 2.14 bits per heavy atom. The van der Waals surface area contributed by atoms with E-state index in [4.69, 9.17) is 16.6 Å². The number of carbonyl (C=O) groups excluding carboxylic acids is 1. The number of nitrogens with zero attached hydrogens (tertiary/aromatic N) is 4. The fourth-order valence-electron chi connectivity index (χ4n) is 3.04. The zero-order valence-electron chi connectivity index (χ0n) is 15.9.